The van der Waals surface area contributed by atoms with E-state index in [1.54, 1.807) is 7.11 Å². The average molecular weight is 254 g/mol. The Bertz CT molecular complexity index is 346. The van der Waals surface area contributed by atoms with E-state index in [4.69, 9.17) is 18.9 Å². The van der Waals surface area contributed by atoms with E-state index < -0.39 is 0 Å². The molecule has 18 heavy (non-hydrogen) atoms. The fraction of sp³-hybridized carbons (Fsp3) is 0.571. The molecule has 0 saturated heterocycles. The molecule has 0 aromatic heterocycles. The number of rotatable bonds is 8. The standard InChI is InChI=1S/C14H22O4/c1-5-16-14(17-6-2)10-18-13-9-12(15-4)8-7-11(13)3/h7-9,14H,5-6,10H2,1-4H3. The minimum atomic E-state index is -0.328. The molecule has 1 rings (SSSR count). The Kier molecular flexibility index (Phi) is 6.54. The minimum absolute atomic E-state index is 0.328. The first-order chi connectivity index (χ1) is 8.71. The van der Waals surface area contributed by atoms with Gasteiger partial charge in [-0.3, -0.25) is 0 Å². The van der Waals surface area contributed by atoms with Crippen LogP contribution in [0.2, 0.25) is 0 Å². The number of benzene rings is 1. The zero-order chi connectivity index (χ0) is 13.4. The van der Waals surface area contributed by atoms with E-state index >= 15 is 0 Å². The second-order valence-electron chi connectivity index (χ2n) is 3.78. The van der Waals surface area contributed by atoms with E-state index in [0.29, 0.717) is 19.8 Å². The normalized spacial score (nSPS) is 10.7. The first-order valence-corrected chi connectivity index (χ1v) is 6.21. The van der Waals surface area contributed by atoms with Gasteiger partial charge < -0.3 is 18.9 Å². The van der Waals surface area contributed by atoms with Crippen molar-refractivity contribution in [2.75, 3.05) is 26.9 Å². The number of aryl methyl sites for hydroxylation is 1. The van der Waals surface area contributed by atoms with E-state index in [2.05, 4.69) is 0 Å². The SMILES string of the molecule is CCOC(COc1cc(OC)ccc1C)OCC. The molecule has 0 aliphatic rings. The van der Waals surface area contributed by atoms with Crippen molar-refractivity contribution in [3.8, 4) is 11.5 Å². The maximum Gasteiger partial charge on any atom is 0.191 e. The van der Waals surface area contributed by atoms with Gasteiger partial charge in [-0.15, -0.1) is 0 Å². The molecule has 0 spiro atoms. The molecule has 102 valence electrons. The molecular formula is C14H22O4. The fourth-order valence-corrected chi connectivity index (χ4v) is 1.54. The zero-order valence-electron chi connectivity index (χ0n) is 11.6. The van der Waals surface area contributed by atoms with Gasteiger partial charge in [0.25, 0.3) is 0 Å². The Morgan fingerprint density at radius 3 is 2.33 bits per heavy atom. The molecule has 1 aromatic carbocycles. The van der Waals surface area contributed by atoms with Crippen LogP contribution in [0.3, 0.4) is 0 Å². The molecule has 0 fully saturated rings. The molecule has 0 radical (unpaired) electrons. The van der Waals surface area contributed by atoms with Crippen LogP contribution in [0.25, 0.3) is 0 Å². The second kappa shape index (κ2) is 7.95. The van der Waals surface area contributed by atoms with Crippen molar-refractivity contribution in [2.24, 2.45) is 0 Å². The molecular weight excluding hydrogens is 232 g/mol. The lowest BCUT2D eigenvalue weighted by atomic mass is 10.2. The molecule has 4 nitrogen and oxygen atoms in total. The quantitative estimate of drug-likeness (QED) is 0.668. The van der Waals surface area contributed by atoms with Crippen LogP contribution < -0.4 is 9.47 Å². The van der Waals surface area contributed by atoms with Crippen LogP contribution in [-0.4, -0.2) is 33.2 Å². The minimum Gasteiger partial charge on any atom is -0.497 e. The molecule has 4 heteroatoms. The molecule has 0 unspecified atom stereocenters. The molecule has 0 aliphatic carbocycles. The average Bonchev–Trinajstić information content (AvgIpc) is 2.38. The lowest BCUT2D eigenvalue weighted by Crippen LogP contribution is -2.25. The number of ether oxygens (including phenoxy) is 4. The highest BCUT2D eigenvalue weighted by molar-refractivity contribution is 5.39. The highest BCUT2D eigenvalue weighted by atomic mass is 16.7. The molecule has 0 saturated carbocycles. The van der Waals surface area contributed by atoms with Crippen LogP contribution in [0.4, 0.5) is 0 Å². The van der Waals surface area contributed by atoms with Gasteiger partial charge in [-0.05, 0) is 32.4 Å². The molecule has 0 N–H and O–H groups in total. The Labute approximate surface area is 109 Å². The van der Waals surface area contributed by atoms with Crippen LogP contribution in [-0.2, 0) is 9.47 Å². The lowest BCUT2D eigenvalue weighted by Gasteiger charge is -2.18. The van der Waals surface area contributed by atoms with E-state index in [9.17, 15) is 0 Å². The Balaban J connectivity index is 2.60. The zero-order valence-corrected chi connectivity index (χ0v) is 11.6. The predicted octanol–water partition coefficient (Wildman–Crippen LogP) is 2.78. The van der Waals surface area contributed by atoms with Gasteiger partial charge in [-0.1, -0.05) is 6.07 Å². The van der Waals surface area contributed by atoms with E-state index in [0.717, 1.165) is 17.1 Å². The first-order valence-electron chi connectivity index (χ1n) is 6.21. The lowest BCUT2D eigenvalue weighted by molar-refractivity contribution is -0.152. The molecule has 0 aliphatic heterocycles. The molecule has 0 amide bonds. The third kappa shape index (κ3) is 4.55. The van der Waals surface area contributed by atoms with Gasteiger partial charge in [0.1, 0.15) is 18.1 Å². The molecule has 0 atom stereocenters. The summed E-state index contributed by atoms with van der Waals surface area (Å²) in [5.74, 6) is 1.57. The van der Waals surface area contributed by atoms with Gasteiger partial charge in [0.05, 0.1) is 7.11 Å². The Morgan fingerprint density at radius 2 is 1.78 bits per heavy atom. The number of methoxy groups -OCH3 is 1. The van der Waals surface area contributed by atoms with Crippen molar-refractivity contribution in [3.63, 3.8) is 0 Å². The van der Waals surface area contributed by atoms with Gasteiger partial charge in [0, 0.05) is 19.3 Å². The van der Waals surface area contributed by atoms with Crippen LogP contribution in [0, 0.1) is 6.92 Å². The first kappa shape index (κ1) is 14.8. The van der Waals surface area contributed by atoms with E-state index in [1.165, 1.54) is 0 Å². The van der Waals surface area contributed by atoms with Gasteiger partial charge in [-0.2, -0.15) is 0 Å². The summed E-state index contributed by atoms with van der Waals surface area (Å²) in [6, 6.07) is 5.74. The maximum atomic E-state index is 5.72. The highest BCUT2D eigenvalue weighted by Gasteiger charge is 2.10. The van der Waals surface area contributed by atoms with Crippen LogP contribution in [0.1, 0.15) is 19.4 Å². The summed E-state index contributed by atoms with van der Waals surface area (Å²) in [4.78, 5) is 0. The predicted molar refractivity (Wildman–Crippen MR) is 70.3 cm³/mol. The van der Waals surface area contributed by atoms with E-state index in [1.807, 2.05) is 39.0 Å². The van der Waals surface area contributed by atoms with Gasteiger partial charge >= 0.3 is 0 Å². The third-order valence-corrected chi connectivity index (χ3v) is 2.48. The van der Waals surface area contributed by atoms with Crippen molar-refractivity contribution in [2.45, 2.75) is 27.1 Å². The maximum absolute atomic E-state index is 5.72. The van der Waals surface area contributed by atoms with Gasteiger partial charge in [0.2, 0.25) is 0 Å². The molecule has 0 heterocycles. The molecule has 1 aromatic rings. The van der Waals surface area contributed by atoms with Crippen LogP contribution in [0.15, 0.2) is 18.2 Å². The van der Waals surface area contributed by atoms with Crippen molar-refractivity contribution < 1.29 is 18.9 Å². The largest absolute Gasteiger partial charge is 0.497 e. The van der Waals surface area contributed by atoms with Crippen molar-refractivity contribution in [3.05, 3.63) is 23.8 Å². The second-order valence-corrected chi connectivity index (χ2v) is 3.78. The van der Waals surface area contributed by atoms with Crippen molar-refractivity contribution in [1.82, 2.24) is 0 Å². The summed E-state index contributed by atoms with van der Waals surface area (Å²) in [6.07, 6.45) is -0.328. The highest BCUT2D eigenvalue weighted by Crippen LogP contribution is 2.24. The van der Waals surface area contributed by atoms with Crippen molar-refractivity contribution >= 4 is 0 Å². The van der Waals surface area contributed by atoms with Gasteiger partial charge in [0.15, 0.2) is 6.29 Å². The topological polar surface area (TPSA) is 36.9 Å². The summed E-state index contributed by atoms with van der Waals surface area (Å²) < 4.78 is 21.7. The van der Waals surface area contributed by atoms with Crippen LogP contribution in [0.5, 0.6) is 11.5 Å². The summed E-state index contributed by atoms with van der Waals surface area (Å²) in [7, 11) is 1.64. The van der Waals surface area contributed by atoms with Crippen LogP contribution >= 0.6 is 0 Å². The van der Waals surface area contributed by atoms with Gasteiger partial charge in [-0.25, -0.2) is 0 Å². The summed E-state index contributed by atoms with van der Waals surface area (Å²) in [5.41, 5.74) is 1.06. The summed E-state index contributed by atoms with van der Waals surface area (Å²) >= 11 is 0. The fourth-order valence-electron chi connectivity index (χ4n) is 1.54. The monoisotopic (exact) mass is 254 g/mol. The summed E-state index contributed by atoms with van der Waals surface area (Å²) in [5, 5.41) is 0. The third-order valence-electron chi connectivity index (χ3n) is 2.48. The van der Waals surface area contributed by atoms with E-state index in [-0.39, 0.29) is 6.29 Å². The number of hydrogen-bond donors (Lipinski definition) is 0. The van der Waals surface area contributed by atoms with Crippen molar-refractivity contribution in [1.29, 1.82) is 0 Å². The Hall–Kier alpha value is -1.26. The number of hydrogen-bond acceptors (Lipinski definition) is 4. The Morgan fingerprint density at radius 1 is 1.11 bits per heavy atom. The molecule has 0 bridgehead atoms. The smallest absolute Gasteiger partial charge is 0.191 e. The summed E-state index contributed by atoms with van der Waals surface area (Å²) in [6.45, 7) is 7.43.